The minimum Gasteiger partial charge on any atom is -0.391 e. The zero-order chi connectivity index (χ0) is 22.1. The fraction of sp³-hybridized carbons (Fsp3) is 0.269. The van der Waals surface area contributed by atoms with Gasteiger partial charge < -0.3 is 10.4 Å². The van der Waals surface area contributed by atoms with Gasteiger partial charge in [-0.3, -0.25) is 15.0 Å². The molecule has 0 radical (unpaired) electrons. The Hall–Kier alpha value is -3.38. The second kappa shape index (κ2) is 8.63. The number of benzene rings is 2. The quantitative estimate of drug-likeness (QED) is 0.448. The van der Waals surface area contributed by atoms with Crippen molar-refractivity contribution >= 4 is 16.7 Å². The van der Waals surface area contributed by atoms with E-state index >= 15 is 0 Å². The van der Waals surface area contributed by atoms with Gasteiger partial charge in [0, 0.05) is 23.5 Å². The third-order valence-corrected chi connectivity index (χ3v) is 6.18. The summed E-state index contributed by atoms with van der Waals surface area (Å²) in [6, 6.07) is 13.1. The van der Waals surface area contributed by atoms with Crippen molar-refractivity contribution in [2.75, 3.05) is 5.32 Å². The standard InChI is InChI=1S/C26H25FN4O/c1-16-12-18(6-8-21(16)27)26-20(17-7-9-22-24(13-17)29-11-10-28-22)14-19(15-30-26)31-23-4-2-3-5-25(23)32/h6-15,23,25,31-32H,2-5H2,1H3. The maximum absolute atomic E-state index is 13.9. The molecular formula is C26H25FN4O. The van der Waals surface area contributed by atoms with Crippen LogP contribution < -0.4 is 5.32 Å². The van der Waals surface area contributed by atoms with Crippen LogP contribution in [-0.4, -0.2) is 32.2 Å². The van der Waals surface area contributed by atoms with Crippen LogP contribution in [0.25, 0.3) is 33.4 Å². The SMILES string of the molecule is Cc1cc(-c2ncc(NC3CCCCC3O)cc2-c2ccc3nccnc3c2)ccc1F. The highest BCUT2D eigenvalue weighted by Crippen LogP contribution is 2.35. The molecule has 1 aliphatic carbocycles. The lowest BCUT2D eigenvalue weighted by atomic mass is 9.92. The average Bonchev–Trinajstić information content (AvgIpc) is 2.82. The Balaban J connectivity index is 1.61. The first kappa shape index (κ1) is 20.5. The largest absolute Gasteiger partial charge is 0.391 e. The average molecular weight is 429 g/mol. The molecule has 0 aliphatic heterocycles. The predicted molar refractivity (Wildman–Crippen MR) is 125 cm³/mol. The molecule has 4 aromatic rings. The summed E-state index contributed by atoms with van der Waals surface area (Å²) >= 11 is 0. The molecule has 1 saturated carbocycles. The number of aryl methyl sites for hydroxylation is 1. The van der Waals surface area contributed by atoms with Crippen LogP contribution >= 0.6 is 0 Å². The predicted octanol–water partition coefficient (Wildman–Crippen LogP) is 5.52. The molecule has 5 nitrogen and oxygen atoms in total. The minimum absolute atomic E-state index is 0.0137. The third-order valence-electron chi connectivity index (χ3n) is 6.18. The Morgan fingerprint density at radius 2 is 1.69 bits per heavy atom. The lowest BCUT2D eigenvalue weighted by molar-refractivity contribution is 0.116. The fourth-order valence-electron chi connectivity index (χ4n) is 4.41. The molecule has 1 aliphatic rings. The highest BCUT2D eigenvalue weighted by Gasteiger charge is 2.23. The second-order valence-electron chi connectivity index (χ2n) is 8.45. The number of hydrogen-bond donors (Lipinski definition) is 2. The van der Waals surface area contributed by atoms with Crippen LogP contribution in [0.5, 0.6) is 0 Å². The normalized spacial score (nSPS) is 18.6. The van der Waals surface area contributed by atoms with Gasteiger partial charge in [0.2, 0.25) is 0 Å². The summed E-state index contributed by atoms with van der Waals surface area (Å²) in [4.78, 5) is 13.6. The van der Waals surface area contributed by atoms with Gasteiger partial charge in [-0.15, -0.1) is 0 Å². The number of nitrogens with one attached hydrogen (secondary N) is 1. The van der Waals surface area contributed by atoms with Crippen LogP contribution in [0.15, 0.2) is 61.1 Å². The van der Waals surface area contributed by atoms with Gasteiger partial charge in [0.15, 0.2) is 0 Å². The van der Waals surface area contributed by atoms with Crippen molar-refractivity contribution in [2.45, 2.75) is 44.8 Å². The number of aromatic nitrogens is 3. The number of halogens is 1. The zero-order valence-corrected chi connectivity index (χ0v) is 17.9. The Morgan fingerprint density at radius 3 is 2.50 bits per heavy atom. The molecule has 0 bridgehead atoms. The topological polar surface area (TPSA) is 70.9 Å². The smallest absolute Gasteiger partial charge is 0.126 e. The van der Waals surface area contributed by atoms with Crippen molar-refractivity contribution in [1.29, 1.82) is 0 Å². The van der Waals surface area contributed by atoms with Gasteiger partial charge in [-0.05, 0) is 67.3 Å². The number of aliphatic hydroxyl groups excluding tert-OH is 1. The zero-order valence-electron chi connectivity index (χ0n) is 17.9. The van der Waals surface area contributed by atoms with Crippen LogP contribution in [0.3, 0.4) is 0 Å². The van der Waals surface area contributed by atoms with E-state index in [-0.39, 0.29) is 18.0 Å². The fourth-order valence-corrected chi connectivity index (χ4v) is 4.41. The van der Waals surface area contributed by atoms with E-state index in [1.165, 1.54) is 6.07 Å². The lowest BCUT2D eigenvalue weighted by Gasteiger charge is -2.29. The molecule has 2 aromatic heterocycles. The minimum atomic E-state index is -0.359. The molecule has 0 amide bonds. The van der Waals surface area contributed by atoms with E-state index in [1.807, 2.05) is 24.3 Å². The van der Waals surface area contributed by atoms with Crippen LogP contribution in [0, 0.1) is 12.7 Å². The summed E-state index contributed by atoms with van der Waals surface area (Å²) in [7, 11) is 0. The molecule has 162 valence electrons. The third kappa shape index (κ3) is 4.06. The van der Waals surface area contributed by atoms with E-state index in [0.29, 0.717) is 5.56 Å². The van der Waals surface area contributed by atoms with E-state index in [2.05, 4.69) is 21.4 Å². The molecule has 2 atom stereocenters. The van der Waals surface area contributed by atoms with Gasteiger partial charge in [-0.2, -0.15) is 0 Å². The Labute approximate surface area is 186 Å². The summed E-state index contributed by atoms with van der Waals surface area (Å²) in [5, 5.41) is 13.9. The summed E-state index contributed by atoms with van der Waals surface area (Å²) in [5.41, 5.74) is 6.54. The van der Waals surface area contributed by atoms with Crippen LogP contribution in [0.2, 0.25) is 0 Å². The van der Waals surface area contributed by atoms with Gasteiger partial charge in [0.1, 0.15) is 5.82 Å². The summed E-state index contributed by atoms with van der Waals surface area (Å²) in [6.45, 7) is 1.75. The number of anilines is 1. The number of pyridine rings is 1. The van der Waals surface area contributed by atoms with Gasteiger partial charge in [-0.1, -0.05) is 18.9 Å². The second-order valence-corrected chi connectivity index (χ2v) is 8.45. The Bertz CT molecular complexity index is 1280. The van der Waals surface area contributed by atoms with Crippen LogP contribution in [0.1, 0.15) is 31.2 Å². The first-order chi connectivity index (χ1) is 15.6. The van der Waals surface area contributed by atoms with Crippen molar-refractivity contribution < 1.29 is 9.50 Å². The highest BCUT2D eigenvalue weighted by molar-refractivity contribution is 5.88. The Morgan fingerprint density at radius 1 is 0.906 bits per heavy atom. The maximum Gasteiger partial charge on any atom is 0.126 e. The summed E-state index contributed by atoms with van der Waals surface area (Å²) < 4.78 is 13.9. The van der Waals surface area contributed by atoms with Gasteiger partial charge in [0.05, 0.1) is 40.8 Å². The van der Waals surface area contributed by atoms with E-state index in [4.69, 9.17) is 4.98 Å². The number of hydrogen-bond acceptors (Lipinski definition) is 5. The molecule has 0 saturated heterocycles. The first-order valence-corrected chi connectivity index (χ1v) is 11.0. The van der Waals surface area contributed by atoms with E-state index < -0.39 is 0 Å². The van der Waals surface area contributed by atoms with Gasteiger partial charge >= 0.3 is 0 Å². The molecule has 2 aromatic carbocycles. The monoisotopic (exact) mass is 428 g/mol. The van der Waals surface area contributed by atoms with Crippen LogP contribution in [-0.2, 0) is 0 Å². The van der Waals surface area contributed by atoms with Crippen molar-refractivity contribution in [3.8, 4) is 22.4 Å². The number of rotatable bonds is 4. The maximum atomic E-state index is 13.9. The molecule has 1 fully saturated rings. The van der Waals surface area contributed by atoms with Gasteiger partial charge in [0.25, 0.3) is 0 Å². The van der Waals surface area contributed by atoms with E-state index in [9.17, 15) is 9.50 Å². The van der Waals surface area contributed by atoms with Crippen molar-refractivity contribution in [3.63, 3.8) is 0 Å². The highest BCUT2D eigenvalue weighted by atomic mass is 19.1. The van der Waals surface area contributed by atoms with Crippen molar-refractivity contribution in [3.05, 3.63) is 72.4 Å². The number of nitrogens with zero attached hydrogens (tertiary/aromatic N) is 3. The number of fused-ring (bicyclic) bond motifs is 1. The van der Waals surface area contributed by atoms with E-state index in [0.717, 1.165) is 64.8 Å². The molecule has 2 unspecified atom stereocenters. The van der Waals surface area contributed by atoms with Crippen LogP contribution in [0.4, 0.5) is 10.1 Å². The Kier molecular flexibility index (Phi) is 5.53. The molecule has 2 N–H and O–H groups in total. The lowest BCUT2D eigenvalue weighted by Crippen LogP contribution is -2.36. The van der Waals surface area contributed by atoms with Gasteiger partial charge in [-0.25, -0.2) is 4.39 Å². The first-order valence-electron chi connectivity index (χ1n) is 11.0. The molecule has 6 heteroatoms. The van der Waals surface area contributed by atoms with Crippen molar-refractivity contribution in [2.24, 2.45) is 0 Å². The summed E-state index contributed by atoms with van der Waals surface area (Å²) in [5.74, 6) is -0.235. The molecule has 32 heavy (non-hydrogen) atoms. The number of aliphatic hydroxyl groups is 1. The molecule has 0 spiro atoms. The van der Waals surface area contributed by atoms with E-state index in [1.54, 1.807) is 31.6 Å². The molecular weight excluding hydrogens is 403 g/mol. The summed E-state index contributed by atoms with van der Waals surface area (Å²) in [6.07, 6.45) is 8.69. The van der Waals surface area contributed by atoms with Crippen molar-refractivity contribution in [1.82, 2.24) is 15.0 Å². The molecule has 2 heterocycles. The molecule has 5 rings (SSSR count).